The van der Waals surface area contributed by atoms with Crippen molar-refractivity contribution >= 4 is 33.3 Å². The van der Waals surface area contributed by atoms with Gasteiger partial charge in [-0.2, -0.15) is 5.10 Å². The quantitative estimate of drug-likeness (QED) is 0.258. The first-order valence-electron chi connectivity index (χ1n) is 14.8. The van der Waals surface area contributed by atoms with Gasteiger partial charge in [0.25, 0.3) is 5.91 Å². The van der Waals surface area contributed by atoms with Gasteiger partial charge in [0.05, 0.1) is 22.6 Å². The second-order valence-corrected chi connectivity index (χ2v) is 12.2. The minimum Gasteiger partial charge on any atom is -0.494 e. The van der Waals surface area contributed by atoms with Crippen molar-refractivity contribution in [2.45, 2.75) is 65.1 Å². The number of hydrogen-bond acceptors (Lipinski definition) is 8. The van der Waals surface area contributed by atoms with Gasteiger partial charge in [-0.1, -0.05) is 12.1 Å². The van der Waals surface area contributed by atoms with Crippen molar-refractivity contribution in [3.05, 3.63) is 64.6 Å². The Labute approximate surface area is 245 Å². The predicted octanol–water partition coefficient (Wildman–Crippen LogP) is 5.29. The number of nitrogens with one attached hydrogen (secondary N) is 1. The van der Waals surface area contributed by atoms with Crippen molar-refractivity contribution < 1.29 is 9.53 Å². The first kappa shape index (κ1) is 27.7. The Morgan fingerprint density at radius 2 is 1.83 bits per heavy atom. The largest absolute Gasteiger partial charge is 0.494 e. The number of anilines is 1. The highest BCUT2D eigenvalue weighted by atomic mass is 32.1. The zero-order valence-corrected chi connectivity index (χ0v) is 24.8. The lowest BCUT2D eigenvalue weighted by Crippen LogP contribution is -2.38. The Kier molecular flexibility index (Phi) is 8.48. The van der Waals surface area contributed by atoms with Crippen molar-refractivity contribution in [2.24, 2.45) is 0 Å². The minimum absolute atomic E-state index is 0.141. The fourth-order valence-corrected chi connectivity index (χ4v) is 6.95. The van der Waals surface area contributed by atoms with E-state index in [4.69, 9.17) is 4.74 Å². The van der Waals surface area contributed by atoms with E-state index in [9.17, 15) is 4.79 Å². The number of carbonyl (C=O) groups excluding carboxylic acids is 1. The minimum atomic E-state index is 0.141. The van der Waals surface area contributed by atoms with Gasteiger partial charge in [0.2, 0.25) is 0 Å². The molecule has 1 aromatic carbocycles. The Morgan fingerprint density at radius 1 is 1.05 bits per heavy atom. The number of hydrogen-bond donors (Lipinski definition) is 1. The molecule has 1 N–H and O–H groups in total. The molecule has 216 valence electrons. The molecule has 2 aliphatic rings. The molecular formula is C31H39N7O2S. The molecule has 5 heterocycles. The molecule has 9 nitrogen and oxygen atoms in total. The molecule has 2 fully saturated rings. The fraction of sp³-hybridized carbons (Fsp3) is 0.484. The first-order valence-corrected chi connectivity index (χ1v) is 15.6. The number of ether oxygens (including phenoxy) is 1. The molecule has 10 heteroatoms. The SMILES string of the molecule is Cc1ccn(CCCOc2ccc(CN3CCC(Nc4ncnc5sc(C(=O)N6CCCC6)c(C)c45)CC3)cc2)n1. The Morgan fingerprint density at radius 3 is 2.56 bits per heavy atom. The summed E-state index contributed by atoms with van der Waals surface area (Å²) in [7, 11) is 0. The predicted molar refractivity (Wildman–Crippen MR) is 163 cm³/mol. The molecule has 2 aliphatic heterocycles. The van der Waals surface area contributed by atoms with Crippen LogP contribution in [0.3, 0.4) is 0 Å². The second-order valence-electron chi connectivity index (χ2n) is 11.2. The number of piperidine rings is 1. The standard InChI is InChI=1S/C31H39N7O2S/c1-22-10-18-38(35-22)15-5-19-40-26-8-6-24(7-9-26)20-36-16-11-25(12-17-36)34-29-27-23(2)28(41-30(27)33-21-32-29)31(39)37-13-3-4-14-37/h6-10,18,21,25H,3-5,11-17,19-20H2,1-2H3,(H,32,33,34). The molecule has 0 bridgehead atoms. The molecule has 0 spiro atoms. The third-order valence-electron chi connectivity index (χ3n) is 8.15. The molecule has 0 unspecified atom stereocenters. The van der Waals surface area contributed by atoms with E-state index < -0.39 is 0 Å². The highest BCUT2D eigenvalue weighted by Gasteiger charge is 2.26. The molecule has 2 saturated heterocycles. The number of thiophene rings is 1. The summed E-state index contributed by atoms with van der Waals surface area (Å²) in [5.41, 5.74) is 3.35. The number of amides is 1. The highest BCUT2D eigenvalue weighted by molar-refractivity contribution is 7.20. The lowest BCUT2D eigenvalue weighted by molar-refractivity contribution is 0.0797. The number of fused-ring (bicyclic) bond motifs is 1. The zero-order valence-electron chi connectivity index (χ0n) is 24.0. The third kappa shape index (κ3) is 6.54. The van der Waals surface area contributed by atoms with Gasteiger partial charge in [0.15, 0.2) is 0 Å². The summed E-state index contributed by atoms with van der Waals surface area (Å²) in [6.45, 7) is 10.3. The van der Waals surface area contributed by atoms with Gasteiger partial charge in [0.1, 0.15) is 22.7 Å². The van der Waals surface area contributed by atoms with Crippen LogP contribution in [-0.2, 0) is 13.1 Å². The number of nitrogens with zero attached hydrogens (tertiary/aromatic N) is 6. The fourth-order valence-electron chi connectivity index (χ4n) is 5.83. The highest BCUT2D eigenvalue weighted by Crippen LogP contribution is 2.35. The summed E-state index contributed by atoms with van der Waals surface area (Å²) < 4.78 is 7.90. The van der Waals surface area contributed by atoms with Crippen LogP contribution < -0.4 is 10.1 Å². The van der Waals surface area contributed by atoms with Gasteiger partial charge in [-0.3, -0.25) is 14.4 Å². The van der Waals surface area contributed by atoms with E-state index in [1.807, 2.05) is 35.7 Å². The van der Waals surface area contributed by atoms with Crippen LogP contribution in [0.4, 0.5) is 5.82 Å². The van der Waals surface area contributed by atoms with Crippen LogP contribution in [0.2, 0.25) is 0 Å². The van der Waals surface area contributed by atoms with Gasteiger partial charge in [-0.25, -0.2) is 9.97 Å². The normalized spacial score (nSPS) is 16.5. The molecule has 1 amide bonds. The zero-order chi connectivity index (χ0) is 28.2. The summed E-state index contributed by atoms with van der Waals surface area (Å²) in [6, 6.07) is 10.9. The lowest BCUT2D eigenvalue weighted by Gasteiger charge is -2.32. The van der Waals surface area contributed by atoms with E-state index in [-0.39, 0.29) is 5.91 Å². The van der Waals surface area contributed by atoms with Gasteiger partial charge in [-0.05, 0) is 68.9 Å². The number of aryl methyl sites for hydroxylation is 3. The van der Waals surface area contributed by atoms with E-state index in [1.54, 1.807) is 6.33 Å². The van der Waals surface area contributed by atoms with Crippen molar-refractivity contribution in [1.82, 2.24) is 29.5 Å². The Balaban J connectivity index is 0.982. The topological polar surface area (TPSA) is 88.4 Å². The number of benzene rings is 1. The molecule has 41 heavy (non-hydrogen) atoms. The summed E-state index contributed by atoms with van der Waals surface area (Å²) in [4.78, 5) is 28.4. The number of aromatic nitrogens is 4. The van der Waals surface area contributed by atoms with Gasteiger partial charge < -0.3 is 15.0 Å². The number of likely N-dealkylation sites (tertiary alicyclic amines) is 2. The molecule has 4 aromatic rings. The molecular weight excluding hydrogens is 534 g/mol. The average molecular weight is 574 g/mol. The van der Waals surface area contributed by atoms with Gasteiger partial charge >= 0.3 is 0 Å². The lowest BCUT2D eigenvalue weighted by atomic mass is 10.0. The Bertz CT molecular complexity index is 1470. The third-order valence-corrected chi connectivity index (χ3v) is 9.33. The van der Waals surface area contributed by atoms with Crippen molar-refractivity contribution in [3.8, 4) is 5.75 Å². The molecule has 3 aromatic heterocycles. The van der Waals surface area contributed by atoms with E-state index in [0.717, 1.165) is 109 Å². The van der Waals surface area contributed by atoms with Crippen LogP contribution in [0.15, 0.2) is 42.9 Å². The van der Waals surface area contributed by atoms with Crippen LogP contribution in [0, 0.1) is 13.8 Å². The first-order chi connectivity index (χ1) is 20.0. The second kappa shape index (κ2) is 12.6. The number of carbonyl (C=O) groups is 1. The monoisotopic (exact) mass is 573 g/mol. The summed E-state index contributed by atoms with van der Waals surface area (Å²) >= 11 is 1.50. The maximum absolute atomic E-state index is 13.1. The molecule has 0 atom stereocenters. The molecule has 0 saturated carbocycles. The number of rotatable bonds is 10. The van der Waals surface area contributed by atoms with Crippen LogP contribution in [-0.4, -0.2) is 74.3 Å². The van der Waals surface area contributed by atoms with Gasteiger partial charge in [0, 0.05) is 57.9 Å². The molecule has 0 radical (unpaired) electrons. The van der Waals surface area contributed by atoms with Crippen LogP contribution in [0.25, 0.3) is 10.2 Å². The average Bonchev–Trinajstić information content (AvgIpc) is 3.74. The van der Waals surface area contributed by atoms with Crippen molar-refractivity contribution in [2.75, 3.05) is 38.1 Å². The van der Waals surface area contributed by atoms with Crippen LogP contribution in [0.5, 0.6) is 5.75 Å². The maximum Gasteiger partial charge on any atom is 0.264 e. The van der Waals surface area contributed by atoms with Crippen LogP contribution in [0.1, 0.15) is 58.6 Å². The summed E-state index contributed by atoms with van der Waals surface area (Å²) in [5, 5.41) is 9.11. The smallest absolute Gasteiger partial charge is 0.264 e. The van der Waals surface area contributed by atoms with Crippen molar-refractivity contribution in [1.29, 1.82) is 0 Å². The van der Waals surface area contributed by atoms with E-state index in [2.05, 4.69) is 49.5 Å². The van der Waals surface area contributed by atoms with Gasteiger partial charge in [-0.15, -0.1) is 11.3 Å². The summed E-state index contributed by atoms with van der Waals surface area (Å²) in [6.07, 6.45) is 8.83. The van der Waals surface area contributed by atoms with E-state index >= 15 is 0 Å². The van der Waals surface area contributed by atoms with Crippen LogP contribution >= 0.6 is 11.3 Å². The van der Waals surface area contributed by atoms with Crippen molar-refractivity contribution in [3.63, 3.8) is 0 Å². The van der Waals surface area contributed by atoms with E-state index in [1.165, 1.54) is 16.9 Å². The molecule has 0 aliphatic carbocycles. The maximum atomic E-state index is 13.1. The van der Waals surface area contributed by atoms with E-state index in [0.29, 0.717) is 12.6 Å². The Hall–Kier alpha value is -3.50. The molecule has 6 rings (SSSR count). The summed E-state index contributed by atoms with van der Waals surface area (Å²) in [5.74, 6) is 1.92.